The second kappa shape index (κ2) is 6.81. The van der Waals surface area contributed by atoms with E-state index in [1.54, 1.807) is 32.3 Å². The number of halogens is 1. The summed E-state index contributed by atoms with van der Waals surface area (Å²) in [6, 6.07) is 13.7. The van der Waals surface area contributed by atoms with Gasteiger partial charge in [0.2, 0.25) is 0 Å². The molecule has 0 unspecified atom stereocenters. The van der Waals surface area contributed by atoms with Crippen molar-refractivity contribution in [1.82, 2.24) is 4.90 Å². The van der Waals surface area contributed by atoms with Crippen LogP contribution in [0.15, 0.2) is 42.5 Å². The first-order chi connectivity index (χ1) is 12.0. The zero-order valence-corrected chi connectivity index (χ0v) is 14.1. The third-order valence-corrected chi connectivity index (χ3v) is 4.12. The molecule has 2 aromatic carbocycles. The summed E-state index contributed by atoms with van der Waals surface area (Å²) >= 11 is 0. The van der Waals surface area contributed by atoms with Gasteiger partial charge in [-0.1, -0.05) is 18.2 Å². The van der Waals surface area contributed by atoms with Crippen LogP contribution in [-0.2, 0) is 11.3 Å². The molecule has 1 heterocycles. The molecular formula is C19H18FN3O2. The van der Waals surface area contributed by atoms with Crippen molar-refractivity contribution in [2.24, 2.45) is 0 Å². The van der Waals surface area contributed by atoms with Crippen molar-refractivity contribution in [1.29, 1.82) is 5.26 Å². The summed E-state index contributed by atoms with van der Waals surface area (Å²) in [6.07, 6.45) is -0.647. The highest BCUT2D eigenvalue weighted by Gasteiger charge is 2.31. The Morgan fingerprint density at radius 1 is 1.36 bits per heavy atom. The molecule has 0 saturated heterocycles. The molecule has 0 bridgehead atoms. The number of likely N-dealkylation sites (N-methyl/N-ethyl adjacent to an activating group) is 1. The molecule has 2 aromatic rings. The SMILES string of the molecule is CN(C)C(=O)[C@H]1CN(Cc2ccc(C#N)cc2F)c2ccccc2O1. The summed E-state index contributed by atoms with van der Waals surface area (Å²) in [7, 11) is 3.35. The summed E-state index contributed by atoms with van der Waals surface area (Å²) < 4.78 is 20.1. The van der Waals surface area contributed by atoms with Gasteiger partial charge in [0.25, 0.3) is 5.91 Å². The van der Waals surface area contributed by atoms with E-state index in [1.807, 2.05) is 29.2 Å². The van der Waals surface area contributed by atoms with Crippen LogP contribution < -0.4 is 9.64 Å². The van der Waals surface area contributed by atoms with Crippen LogP contribution in [0.2, 0.25) is 0 Å². The van der Waals surface area contributed by atoms with E-state index in [1.165, 1.54) is 11.0 Å². The number of hydrogen-bond acceptors (Lipinski definition) is 4. The molecule has 128 valence electrons. The molecular weight excluding hydrogens is 321 g/mol. The van der Waals surface area contributed by atoms with E-state index in [0.29, 0.717) is 17.9 Å². The minimum atomic E-state index is -0.647. The van der Waals surface area contributed by atoms with Crippen LogP contribution in [0.5, 0.6) is 5.75 Å². The Morgan fingerprint density at radius 2 is 2.12 bits per heavy atom. The number of anilines is 1. The van der Waals surface area contributed by atoms with Crippen LogP contribution in [0.25, 0.3) is 0 Å². The maximum atomic E-state index is 14.3. The number of carbonyl (C=O) groups is 1. The summed E-state index contributed by atoms with van der Waals surface area (Å²) in [5.41, 5.74) is 1.56. The van der Waals surface area contributed by atoms with Crippen LogP contribution in [0.3, 0.4) is 0 Å². The number of ether oxygens (including phenoxy) is 1. The lowest BCUT2D eigenvalue weighted by molar-refractivity contribution is -0.136. The quantitative estimate of drug-likeness (QED) is 0.862. The van der Waals surface area contributed by atoms with E-state index >= 15 is 0 Å². The number of nitriles is 1. The molecule has 5 nitrogen and oxygen atoms in total. The van der Waals surface area contributed by atoms with Gasteiger partial charge in [-0.2, -0.15) is 5.26 Å². The number of carbonyl (C=O) groups excluding carboxylic acids is 1. The summed E-state index contributed by atoms with van der Waals surface area (Å²) in [6.45, 7) is 0.614. The molecule has 0 radical (unpaired) electrons. The predicted octanol–water partition coefficient (Wildman–Crippen LogP) is 2.55. The molecule has 1 aliphatic heterocycles. The number of amides is 1. The van der Waals surface area contributed by atoms with Gasteiger partial charge in [0.05, 0.1) is 23.9 Å². The lowest BCUT2D eigenvalue weighted by Gasteiger charge is -2.36. The van der Waals surface area contributed by atoms with E-state index in [9.17, 15) is 9.18 Å². The highest BCUT2D eigenvalue weighted by Crippen LogP contribution is 2.34. The fraction of sp³-hybridized carbons (Fsp3) is 0.263. The monoisotopic (exact) mass is 339 g/mol. The normalized spacial score (nSPS) is 15.8. The zero-order valence-electron chi connectivity index (χ0n) is 14.1. The molecule has 0 fully saturated rings. The van der Waals surface area contributed by atoms with Gasteiger partial charge < -0.3 is 14.5 Å². The minimum absolute atomic E-state index is 0.139. The van der Waals surface area contributed by atoms with Crippen LogP contribution in [-0.4, -0.2) is 37.6 Å². The third-order valence-electron chi connectivity index (χ3n) is 4.12. The van der Waals surface area contributed by atoms with Crippen LogP contribution in [0.1, 0.15) is 11.1 Å². The second-order valence-electron chi connectivity index (χ2n) is 6.11. The number of nitrogens with zero attached hydrogens (tertiary/aromatic N) is 3. The fourth-order valence-electron chi connectivity index (χ4n) is 2.82. The van der Waals surface area contributed by atoms with Crippen molar-refractivity contribution in [3.63, 3.8) is 0 Å². The van der Waals surface area contributed by atoms with Crippen molar-refractivity contribution in [3.05, 3.63) is 59.4 Å². The zero-order chi connectivity index (χ0) is 18.0. The molecule has 0 N–H and O–H groups in total. The van der Waals surface area contributed by atoms with Crippen LogP contribution >= 0.6 is 0 Å². The Bertz CT molecular complexity index is 845. The van der Waals surface area contributed by atoms with E-state index in [-0.39, 0.29) is 18.0 Å². The van der Waals surface area contributed by atoms with E-state index in [4.69, 9.17) is 10.00 Å². The smallest absolute Gasteiger partial charge is 0.265 e. The number of benzene rings is 2. The van der Waals surface area contributed by atoms with Gasteiger partial charge in [0.1, 0.15) is 11.6 Å². The molecule has 1 aliphatic rings. The topological polar surface area (TPSA) is 56.6 Å². The average Bonchev–Trinajstić information content (AvgIpc) is 2.62. The van der Waals surface area contributed by atoms with Crippen LogP contribution in [0.4, 0.5) is 10.1 Å². The highest BCUT2D eigenvalue weighted by atomic mass is 19.1. The molecule has 1 atom stereocenters. The lowest BCUT2D eigenvalue weighted by atomic mass is 10.1. The van der Waals surface area contributed by atoms with Crippen molar-refractivity contribution in [2.45, 2.75) is 12.6 Å². The standard InChI is InChI=1S/C19H18FN3O2/c1-22(2)19(24)18-12-23(16-5-3-4-6-17(16)25-18)11-14-8-7-13(10-21)9-15(14)20/h3-9,18H,11-12H2,1-2H3/t18-/m1/s1. The maximum Gasteiger partial charge on any atom is 0.265 e. The van der Waals surface area contributed by atoms with Gasteiger partial charge in [-0.15, -0.1) is 0 Å². The molecule has 0 spiro atoms. The first-order valence-electron chi connectivity index (χ1n) is 7.90. The van der Waals surface area contributed by atoms with E-state index in [2.05, 4.69) is 0 Å². The summed E-state index contributed by atoms with van der Waals surface area (Å²) in [5.74, 6) is 0.0290. The number of fused-ring (bicyclic) bond motifs is 1. The number of rotatable bonds is 3. The first kappa shape index (κ1) is 16.8. The number of para-hydroxylation sites is 2. The second-order valence-corrected chi connectivity index (χ2v) is 6.11. The van der Waals surface area contributed by atoms with Crippen molar-refractivity contribution < 1.29 is 13.9 Å². The Kier molecular flexibility index (Phi) is 4.57. The Hall–Kier alpha value is -3.07. The van der Waals surface area contributed by atoms with E-state index < -0.39 is 11.9 Å². The Morgan fingerprint density at radius 3 is 2.80 bits per heavy atom. The largest absolute Gasteiger partial charge is 0.477 e. The average molecular weight is 339 g/mol. The van der Waals surface area contributed by atoms with Gasteiger partial charge in [0, 0.05) is 26.2 Å². The first-order valence-corrected chi connectivity index (χ1v) is 7.90. The lowest BCUT2D eigenvalue weighted by Crippen LogP contribution is -2.48. The van der Waals surface area contributed by atoms with Gasteiger partial charge in [-0.3, -0.25) is 4.79 Å². The predicted molar refractivity (Wildman–Crippen MR) is 91.7 cm³/mol. The van der Waals surface area contributed by atoms with Crippen molar-refractivity contribution in [3.8, 4) is 11.8 Å². The van der Waals surface area contributed by atoms with Crippen molar-refractivity contribution >= 4 is 11.6 Å². The van der Waals surface area contributed by atoms with Gasteiger partial charge in [-0.25, -0.2) is 4.39 Å². The maximum absolute atomic E-state index is 14.3. The molecule has 6 heteroatoms. The van der Waals surface area contributed by atoms with Crippen molar-refractivity contribution in [2.75, 3.05) is 25.5 Å². The van der Waals surface area contributed by atoms with E-state index in [0.717, 1.165) is 5.69 Å². The Balaban J connectivity index is 1.91. The molecule has 3 rings (SSSR count). The summed E-state index contributed by atoms with van der Waals surface area (Å²) in [4.78, 5) is 15.7. The molecule has 0 saturated carbocycles. The number of hydrogen-bond donors (Lipinski definition) is 0. The van der Waals surface area contributed by atoms with Gasteiger partial charge in [0.15, 0.2) is 6.10 Å². The molecule has 1 amide bonds. The minimum Gasteiger partial charge on any atom is -0.477 e. The molecule has 0 aromatic heterocycles. The highest BCUT2D eigenvalue weighted by molar-refractivity contribution is 5.83. The van der Waals surface area contributed by atoms with Gasteiger partial charge >= 0.3 is 0 Å². The Labute approximate surface area is 145 Å². The fourth-order valence-corrected chi connectivity index (χ4v) is 2.82. The third kappa shape index (κ3) is 3.41. The molecule has 0 aliphatic carbocycles. The van der Waals surface area contributed by atoms with Crippen LogP contribution in [0, 0.1) is 17.1 Å². The molecule has 25 heavy (non-hydrogen) atoms. The van der Waals surface area contributed by atoms with Gasteiger partial charge in [-0.05, 0) is 24.3 Å². The summed E-state index contributed by atoms with van der Waals surface area (Å²) in [5, 5.41) is 8.87.